The molecule has 0 unspecified atom stereocenters. The van der Waals surface area contributed by atoms with Gasteiger partial charge in [0.05, 0.1) is 13.4 Å². The van der Waals surface area contributed by atoms with Crippen LogP contribution in [0.1, 0.15) is 23.3 Å². The zero-order chi connectivity index (χ0) is 22.3. The molecule has 2 aromatic heterocycles. The number of carbonyl (C=O) groups is 1. The molecule has 1 aliphatic heterocycles. The van der Waals surface area contributed by atoms with E-state index in [2.05, 4.69) is 25.4 Å². The number of ether oxygens (including phenoxy) is 1. The summed E-state index contributed by atoms with van der Waals surface area (Å²) in [7, 11) is 1.64. The van der Waals surface area contributed by atoms with Gasteiger partial charge < -0.3 is 24.3 Å². The van der Waals surface area contributed by atoms with Crippen LogP contribution in [0.4, 0.5) is 0 Å². The number of guanidine groups is 1. The van der Waals surface area contributed by atoms with E-state index in [4.69, 9.17) is 14.1 Å². The Hall–Kier alpha value is -3.82. The number of methoxy groups -OCH3 is 1. The fourth-order valence-corrected chi connectivity index (χ4v) is 3.49. The van der Waals surface area contributed by atoms with Gasteiger partial charge >= 0.3 is 0 Å². The Kier molecular flexibility index (Phi) is 6.69. The first-order chi connectivity index (χ1) is 15.7. The van der Waals surface area contributed by atoms with E-state index in [0.29, 0.717) is 50.1 Å². The van der Waals surface area contributed by atoms with Crippen molar-refractivity contribution in [1.82, 2.24) is 30.3 Å². The summed E-state index contributed by atoms with van der Waals surface area (Å²) in [5.74, 6) is 3.17. The molecule has 1 aromatic carbocycles. The van der Waals surface area contributed by atoms with Crippen LogP contribution in [0.25, 0.3) is 11.4 Å². The Labute approximate surface area is 186 Å². The molecule has 4 rings (SSSR count). The number of aromatic amines is 1. The van der Waals surface area contributed by atoms with E-state index in [-0.39, 0.29) is 5.91 Å². The highest BCUT2D eigenvalue weighted by molar-refractivity contribution is 5.91. The molecule has 0 atom stereocenters. The van der Waals surface area contributed by atoms with Gasteiger partial charge in [-0.2, -0.15) is 5.10 Å². The largest absolute Gasteiger partial charge is 0.497 e. The lowest BCUT2D eigenvalue weighted by Gasteiger charge is -2.36. The molecule has 2 N–H and O–H groups in total. The fourth-order valence-electron chi connectivity index (χ4n) is 3.49. The third-order valence-electron chi connectivity index (χ3n) is 5.19. The van der Waals surface area contributed by atoms with Crippen molar-refractivity contribution < 1.29 is 13.9 Å². The van der Waals surface area contributed by atoms with E-state index < -0.39 is 0 Å². The number of hydrogen-bond acceptors (Lipinski definition) is 6. The van der Waals surface area contributed by atoms with E-state index in [1.807, 2.05) is 31.2 Å². The molecule has 0 radical (unpaired) electrons. The molecular weight excluding hydrogens is 410 g/mol. The van der Waals surface area contributed by atoms with Crippen LogP contribution in [0.5, 0.6) is 5.75 Å². The quantitative estimate of drug-likeness (QED) is 0.448. The highest BCUT2D eigenvalue weighted by Crippen LogP contribution is 2.19. The van der Waals surface area contributed by atoms with Crippen LogP contribution in [-0.4, -0.2) is 76.7 Å². The monoisotopic (exact) mass is 437 g/mol. The van der Waals surface area contributed by atoms with E-state index in [9.17, 15) is 4.79 Å². The Morgan fingerprint density at radius 3 is 2.59 bits per heavy atom. The zero-order valence-electron chi connectivity index (χ0n) is 18.2. The van der Waals surface area contributed by atoms with Gasteiger partial charge in [0.2, 0.25) is 0 Å². The van der Waals surface area contributed by atoms with Gasteiger partial charge in [-0.1, -0.05) is 0 Å². The number of aromatic nitrogens is 3. The van der Waals surface area contributed by atoms with Gasteiger partial charge in [0.1, 0.15) is 18.1 Å². The average molecular weight is 438 g/mol. The average Bonchev–Trinajstić information content (AvgIpc) is 3.54. The summed E-state index contributed by atoms with van der Waals surface area (Å²) in [4.78, 5) is 25.7. The van der Waals surface area contributed by atoms with E-state index in [1.54, 1.807) is 24.1 Å². The van der Waals surface area contributed by atoms with Crippen molar-refractivity contribution in [1.29, 1.82) is 0 Å². The number of nitrogens with zero attached hydrogens (tertiary/aromatic N) is 5. The molecule has 10 nitrogen and oxygen atoms in total. The second-order valence-corrected chi connectivity index (χ2v) is 7.26. The minimum Gasteiger partial charge on any atom is -0.497 e. The number of benzene rings is 1. The maximum atomic E-state index is 12.5. The highest BCUT2D eigenvalue weighted by atomic mass is 16.5. The van der Waals surface area contributed by atoms with Gasteiger partial charge in [-0.15, -0.1) is 0 Å². The first-order valence-electron chi connectivity index (χ1n) is 10.6. The van der Waals surface area contributed by atoms with Crippen LogP contribution in [0.2, 0.25) is 0 Å². The van der Waals surface area contributed by atoms with Crippen molar-refractivity contribution in [2.75, 3.05) is 39.8 Å². The van der Waals surface area contributed by atoms with Crippen molar-refractivity contribution in [2.24, 2.45) is 4.99 Å². The Morgan fingerprint density at radius 1 is 1.19 bits per heavy atom. The molecule has 1 amide bonds. The lowest BCUT2D eigenvalue weighted by molar-refractivity contribution is 0.0657. The summed E-state index contributed by atoms with van der Waals surface area (Å²) in [5.41, 5.74) is 0.904. The van der Waals surface area contributed by atoms with Gasteiger partial charge in [-0.3, -0.25) is 9.89 Å². The van der Waals surface area contributed by atoms with Crippen LogP contribution < -0.4 is 10.1 Å². The minimum atomic E-state index is -0.0793. The number of hydrogen-bond donors (Lipinski definition) is 2. The lowest BCUT2D eigenvalue weighted by atomic mass is 10.2. The normalized spacial score (nSPS) is 14.5. The molecule has 0 aliphatic carbocycles. The van der Waals surface area contributed by atoms with Gasteiger partial charge in [-0.05, 0) is 43.3 Å². The van der Waals surface area contributed by atoms with Crippen molar-refractivity contribution >= 4 is 11.9 Å². The van der Waals surface area contributed by atoms with Crippen molar-refractivity contribution in [3.63, 3.8) is 0 Å². The Morgan fingerprint density at radius 2 is 1.94 bits per heavy atom. The van der Waals surface area contributed by atoms with Crippen LogP contribution in [-0.2, 0) is 6.54 Å². The molecule has 1 fully saturated rings. The van der Waals surface area contributed by atoms with Gasteiger partial charge in [0.25, 0.3) is 5.91 Å². The molecule has 3 aromatic rings. The number of piperazine rings is 1. The lowest BCUT2D eigenvalue weighted by Crippen LogP contribution is -2.53. The smallest absolute Gasteiger partial charge is 0.289 e. The van der Waals surface area contributed by atoms with Gasteiger partial charge in [0, 0.05) is 38.3 Å². The predicted molar refractivity (Wildman–Crippen MR) is 119 cm³/mol. The summed E-state index contributed by atoms with van der Waals surface area (Å²) in [6.45, 7) is 5.73. The fraction of sp³-hybridized carbons (Fsp3) is 0.364. The Bertz CT molecular complexity index is 1040. The molecule has 0 saturated carbocycles. The van der Waals surface area contributed by atoms with Crippen molar-refractivity contribution in [3.05, 3.63) is 54.2 Å². The van der Waals surface area contributed by atoms with E-state index in [1.165, 1.54) is 6.26 Å². The molecule has 1 aliphatic rings. The maximum Gasteiger partial charge on any atom is 0.289 e. The third kappa shape index (κ3) is 4.90. The third-order valence-corrected chi connectivity index (χ3v) is 5.19. The zero-order valence-corrected chi connectivity index (χ0v) is 18.2. The highest BCUT2D eigenvalue weighted by Gasteiger charge is 2.25. The molecule has 32 heavy (non-hydrogen) atoms. The molecular formula is C22H27N7O3. The van der Waals surface area contributed by atoms with Crippen LogP contribution >= 0.6 is 0 Å². The number of carbonyl (C=O) groups excluding carboxylic acids is 1. The number of aliphatic imine (C=N–C) groups is 1. The Balaban J connectivity index is 1.37. The molecule has 168 valence electrons. The molecule has 0 spiro atoms. The van der Waals surface area contributed by atoms with Crippen LogP contribution in [0.15, 0.2) is 52.1 Å². The second kappa shape index (κ2) is 9.99. The summed E-state index contributed by atoms with van der Waals surface area (Å²) < 4.78 is 10.4. The summed E-state index contributed by atoms with van der Waals surface area (Å²) in [6, 6.07) is 11.0. The summed E-state index contributed by atoms with van der Waals surface area (Å²) in [6.07, 6.45) is 1.52. The summed E-state index contributed by atoms with van der Waals surface area (Å²) >= 11 is 0. The van der Waals surface area contributed by atoms with Gasteiger partial charge in [0.15, 0.2) is 17.5 Å². The molecule has 0 bridgehead atoms. The van der Waals surface area contributed by atoms with Gasteiger partial charge in [-0.25, -0.2) is 9.98 Å². The first kappa shape index (κ1) is 21.4. The standard InChI is InChI=1S/C22H27N7O3/c1-3-23-22(29-12-10-28(11-13-29)21(30)18-5-4-14-32-18)24-15-19-25-20(27-26-19)16-6-8-17(31-2)9-7-16/h4-9,14H,3,10-13,15H2,1-2H3,(H,23,24)(H,25,26,27). The number of H-pyrrole nitrogens is 1. The topological polar surface area (TPSA) is 112 Å². The maximum absolute atomic E-state index is 12.5. The SMILES string of the molecule is CCNC(=NCc1nc(-c2ccc(OC)cc2)n[nH]1)N1CCN(C(=O)c2ccco2)CC1. The van der Waals surface area contributed by atoms with E-state index in [0.717, 1.165) is 23.8 Å². The van der Waals surface area contributed by atoms with Crippen LogP contribution in [0.3, 0.4) is 0 Å². The van der Waals surface area contributed by atoms with Crippen LogP contribution in [0, 0.1) is 0 Å². The first-order valence-corrected chi connectivity index (χ1v) is 10.6. The minimum absolute atomic E-state index is 0.0793. The van der Waals surface area contributed by atoms with Crippen molar-refractivity contribution in [3.8, 4) is 17.1 Å². The molecule has 10 heteroatoms. The molecule has 3 heterocycles. The molecule has 1 saturated heterocycles. The summed E-state index contributed by atoms with van der Waals surface area (Å²) in [5, 5.41) is 10.6. The second-order valence-electron chi connectivity index (χ2n) is 7.26. The van der Waals surface area contributed by atoms with Crippen molar-refractivity contribution in [2.45, 2.75) is 13.5 Å². The number of furan rings is 1. The number of amides is 1. The van der Waals surface area contributed by atoms with E-state index >= 15 is 0 Å². The number of rotatable bonds is 6. The number of nitrogens with one attached hydrogen (secondary N) is 2. The predicted octanol–water partition coefficient (Wildman–Crippen LogP) is 2.00.